The summed E-state index contributed by atoms with van der Waals surface area (Å²) < 4.78 is 26.2. The second-order valence-corrected chi connectivity index (χ2v) is 7.26. The van der Waals surface area contributed by atoms with E-state index >= 15 is 0 Å². The SMILES string of the molecule is Cc1cc(Br)cc(N2CC(C)CS2(=O)=O)c1. The highest BCUT2D eigenvalue weighted by molar-refractivity contribution is 9.10. The fourth-order valence-corrected chi connectivity index (χ4v) is 4.53. The van der Waals surface area contributed by atoms with Crippen molar-refractivity contribution < 1.29 is 8.42 Å². The lowest BCUT2D eigenvalue weighted by molar-refractivity contribution is 0.598. The van der Waals surface area contributed by atoms with Gasteiger partial charge in [0, 0.05) is 11.0 Å². The zero-order valence-electron chi connectivity index (χ0n) is 9.27. The molecule has 1 heterocycles. The second-order valence-electron chi connectivity index (χ2n) is 4.40. The highest BCUT2D eigenvalue weighted by atomic mass is 79.9. The Hall–Kier alpha value is -0.550. The molecule has 0 aromatic heterocycles. The van der Waals surface area contributed by atoms with Crippen LogP contribution in [0, 0.1) is 12.8 Å². The lowest BCUT2D eigenvalue weighted by Gasteiger charge is -2.18. The van der Waals surface area contributed by atoms with E-state index < -0.39 is 10.0 Å². The highest BCUT2D eigenvalue weighted by Crippen LogP contribution is 2.29. The first-order valence-corrected chi connectivity index (χ1v) is 7.56. The van der Waals surface area contributed by atoms with Gasteiger partial charge in [0.05, 0.1) is 11.4 Å². The molecule has 16 heavy (non-hydrogen) atoms. The molecule has 0 saturated carbocycles. The maximum atomic E-state index is 11.9. The van der Waals surface area contributed by atoms with E-state index in [9.17, 15) is 8.42 Å². The van der Waals surface area contributed by atoms with Gasteiger partial charge in [0.15, 0.2) is 0 Å². The lowest BCUT2D eigenvalue weighted by Crippen LogP contribution is -2.25. The van der Waals surface area contributed by atoms with Crippen molar-refractivity contribution >= 4 is 31.6 Å². The number of rotatable bonds is 1. The van der Waals surface area contributed by atoms with Crippen molar-refractivity contribution in [2.24, 2.45) is 5.92 Å². The molecular formula is C11H14BrNO2S. The smallest absolute Gasteiger partial charge is 0.235 e. The molecule has 0 bridgehead atoms. The number of benzene rings is 1. The number of hydrogen-bond donors (Lipinski definition) is 0. The molecule has 88 valence electrons. The average Bonchev–Trinajstić information content (AvgIpc) is 2.37. The molecule has 1 unspecified atom stereocenters. The average molecular weight is 304 g/mol. The molecule has 2 rings (SSSR count). The molecule has 1 atom stereocenters. The van der Waals surface area contributed by atoms with Crippen molar-refractivity contribution in [3.05, 3.63) is 28.2 Å². The van der Waals surface area contributed by atoms with E-state index in [4.69, 9.17) is 0 Å². The number of halogens is 1. The first-order chi connectivity index (χ1) is 7.38. The van der Waals surface area contributed by atoms with Crippen molar-refractivity contribution in [3.8, 4) is 0 Å². The third kappa shape index (κ3) is 2.25. The summed E-state index contributed by atoms with van der Waals surface area (Å²) in [5, 5.41) is 0. The first-order valence-electron chi connectivity index (χ1n) is 5.16. The van der Waals surface area contributed by atoms with Gasteiger partial charge >= 0.3 is 0 Å². The van der Waals surface area contributed by atoms with Gasteiger partial charge in [-0.25, -0.2) is 8.42 Å². The molecule has 1 fully saturated rings. The van der Waals surface area contributed by atoms with Crippen LogP contribution < -0.4 is 4.31 Å². The largest absolute Gasteiger partial charge is 0.270 e. The maximum Gasteiger partial charge on any atom is 0.235 e. The van der Waals surface area contributed by atoms with Crippen molar-refractivity contribution in [2.45, 2.75) is 13.8 Å². The van der Waals surface area contributed by atoms with Gasteiger partial charge in [-0.15, -0.1) is 0 Å². The van der Waals surface area contributed by atoms with Gasteiger partial charge in [-0.05, 0) is 36.6 Å². The van der Waals surface area contributed by atoms with Crippen LogP contribution in [-0.2, 0) is 10.0 Å². The van der Waals surface area contributed by atoms with Crippen LogP contribution >= 0.6 is 15.9 Å². The molecule has 1 aliphatic heterocycles. The van der Waals surface area contributed by atoms with Crippen LogP contribution in [0.1, 0.15) is 12.5 Å². The molecule has 1 aromatic carbocycles. The number of anilines is 1. The molecule has 0 spiro atoms. The molecule has 1 aromatic rings. The minimum absolute atomic E-state index is 0.198. The molecule has 0 N–H and O–H groups in total. The summed E-state index contributed by atoms with van der Waals surface area (Å²) in [6, 6.07) is 5.72. The molecule has 0 aliphatic carbocycles. The fraction of sp³-hybridized carbons (Fsp3) is 0.455. The molecule has 5 heteroatoms. The Morgan fingerprint density at radius 2 is 2.06 bits per heavy atom. The summed E-state index contributed by atoms with van der Waals surface area (Å²) in [4.78, 5) is 0. The van der Waals surface area contributed by atoms with Gasteiger partial charge < -0.3 is 0 Å². The Bertz CT molecular complexity index is 492. The number of hydrogen-bond acceptors (Lipinski definition) is 2. The summed E-state index contributed by atoms with van der Waals surface area (Å²) in [5.74, 6) is 0.447. The van der Waals surface area contributed by atoms with Crippen LogP contribution in [0.15, 0.2) is 22.7 Å². The predicted octanol–water partition coefficient (Wildman–Crippen LogP) is 2.54. The minimum atomic E-state index is -3.11. The summed E-state index contributed by atoms with van der Waals surface area (Å²) in [7, 11) is -3.11. The second kappa shape index (κ2) is 4.04. The van der Waals surface area contributed by atoms with Crippen LogP contribution in [0.4, 0.5) is 5.69 Å². The summed E-state index contributed by atoms with van der Waals surface area (Å²) in [6.07, 6.45) is 0. The maximum absolute atomic E-state index is 11.9. The first kappa shape index (κ1) is 11.9. The van der Waals surface area contributed by atoms with E-state index in [0.717, 1.165) is 15.7 Å². The molecule has 0 amide bonds. The van der Waals surface area contributed by atoms with Crippen LogP contribution in [0.3, 0.4) is 0 Å². The van der Waals surface area contributed by atoms with Crippen LogP contribution in [0.25, 0.3) is 0 Å². The third-order valence-corrected chi connectivity index (χ3v) is 5.10. The monoisotopic (exact) mass is 303 g/mol. The van der Waals surface area contributed by atoms with E-state index in [1.165, 1.54) is 4.31 Å². The molecule has 0 radical (unpaired) electrons. The Morgan fingerprint density at radius 1 is 1.38 bits per heavy atom. The Balaban J connectivity index is 2.45. The summed E-state index contributed by atoms with van der Waals surface area (Å²) in [6.45, 7) is 4.50. The van der Waals surface area contributed by atoms with E-state index in [1.807, 2.05) is 32.0 Å². The van der Waals surface area contributed by atoms with E-state index in [-0.39, 0.29) is 11.7 Å². The minimum Gasteiger partial charge on any atom is -0.270 e. The van der Waals surface area contributed by atoms with Crippen molar-refractivity contribution in [3.63, 3.8) is 0 Å². The van der Waals surface area contributed by atoms with Gasteiger partial charge in [0.25, 0.3) is 0 Å². The quantitative estimate of drug-likeness (QED) is 0.799. The van der Waals surface area contributed by atoms with Crippen LogP contribution in [0.2, 0.25) is 0 Å². The molecule has 1 aliphatic rings. The Labute approximate surface area is 105 Å². The predicted molar refractivity (Wildman–Crippen MR) is 69.2 cm³/mol. The zero-order valence-corrected chi connectivity index (χ0v) is 11.7. The van der Waals surface area contributed by atoms with Crippen LogP contribution in [0.5, 0.6) is 0 Å². The summed E-state index contributed by atoms with van der Waals surface area (Å²) >= 11 is 3.39. The normalized spacial score (nSPS) is 23.7. The standard InChI is InChI=1S/C11H14BrNO2S/c1-8-3-10(12)5-11(4-8)13-6-9(2)7-16(13,14)15/h3-5,9H,6-7H2,1-2H3. The molecular weight excluding hydrogens is 290 g/mol. The zero-order chi connectivity index (χ0) is 11.9. The van der Waals surface area contributed by atoms with Gasteiger partial charge in [0.2, 0.25) is 10.0 Å². The van der Waals surface area contributed by atoms with Crippen LogP contribution in [-0.4, -0.2) is 20.7 Å². The number of nitrogens with zero attached hydrogens (tertiary/aromatic N) is 1. The number of aryl methyl sites for hydroxylation is 1. The van der Waals surface area contributed by atoms with Crippen molar-refractivity contribution in [2.75, 3.05) is 16.6 Å². The van der Waals surface area contributed by atoms with Crippen molar-refractivity contribution in [1.29, 1.82) is 0 Å². The van der Waals surface area contributed by atoms with Gasteiger partial charge in [-0.3, -0.25) is 4.31 Å². The fourth-order valence-electron chi connectivity index (χ4n) is 2.03. The Kier molecular flexibility index (Phi) is 3.01. The van der Waals surface area contributed by atoms with E-state index in [2.05, 4.69) is 15.9 Å². The van der Waals surface area contributed by atoms with E-state index in [0.29, 0.717) is 6.54 Å². The molecule has 1 saturated heterocycles. The van der Waals surface area contributed by atoms with Gasteiger partial charge in [0.1, 0.15) is 0 Å². The topological polar surface area (TPSA) is 37.4 Å². The van der Waals surface area contributed by atoms with Crippen molar-refractivity contribution in [1.82, 2.24) is 0 Å². The van der Waals surface area contributed by atoms with Gasteiger partial charge in [-0.2, -0.15) is 0 Å². The molecule has 3 nitrogen and oxygen atoms in total. The van der Waals surface area contributed by atoms with Gasteiger partial charge in [-0.1, -0.05) is 22.9 Å². The Morgan fingerprint density at radius 3 is 2.56 bits per heavy atom. The lowest BCUT2D eigenvalue weighted by atomic mass is 10.2. The van der Waals surface area contributed by atoms with E-state index in [1.54, 1.807) is 0 Å². The summed E-state index contributed by atoms with van der Waals surface area (Å²) in [5.41, 5.74) is 1.82. The third-order valence-electron chi connectivity index (χ3n) is 2.62. The highest BCUT2D eigenvalue weighted by Gasteiger charge is 2.33. The number of sulfonamides is 1.